The number of amides is 1. The smallest absolute Gasteiger partial charge is 0.224 e. The van der Waals surface area contributed by atoms with Crippen molar-refractivity contribution < 1.29 is 17.9 Å². The summed E-state index contributed by atoms with van der Waals surface area (Å²) in [6.07, 6.45) is 0.424. The Morgan fingerprint density at radius 1 is 1.45 bits per heavy atom. The molecule has 1 aromatic rings. The molecule has 1 aliphatic rings. The van der Waals surface area contributed by atoms with Crippen LogP contribution in [0.5, 0.6) is 5.75 Å². The summed E-state index contributed by atoms with van der Waals surface area (Å²) in [5.74, 6) is 0.258. The Morgan fingerprint density at radius 2 is 2.25 bits per heavy atom. The zero-order chi connectivity index (χ0) is 14.6. The predicted octanol–water partition coefficient (Wildman–Crippen LogP) is 1.14. The van der Waals surface area contributed by atoms with Crippen molar-refractivity contribution in [3.63, 3.8) is 0 Å². The second-order valence-electron chi connectivity index (χ2n) is 4.90. The van der Waals surface area contributed by atoms with Gasteiger partial charge in [-0.2, -0.15) is 0 Å². The molecule has 0 aliphatic carbocycles. The molecule has 0 unspecified atom stereocenters. The van der Waals surface area contributed by atoms with E-state index in [1.54, 1.807) is 0 Å². The maximum atomic E-state index is 11.9. The molecule has 1 saturated heterocycles. The number of carbonyl (C=O) groups is 1. The zero-order valence-electron chi connectivity index (χ0n) is 11.5. The van der Waals surface area contributed by atoms with Crippen molar-refractivity contribution in [1.29, 1.82) is 0 Å². The molecule has 1 N–H and O–H groups in total. The van der Waals surface area contributed by atoms with Crippen LogP contribution in [0.1, 0.15) is 18.9 Å². The lowest BCUT2D eigenvalue weighted by Crippen LogP contribution is -2.30. The fourth-order valence-electron chi connectivity index (χ4n) is 2.25. The first kappa shape index (κ1) is 14.8. The highest BCUT2D eigenvalue weighted by atomic mass is 32.2. The van der Waals surface area contributed by atoms with Crippen LogP contribution in [0.15, 0.2) is 24.3 Å². The summed E-state index contributed by atoms with van der Waals surface area (Å²) in [7, 11) is -3.02. The van der Waals surface area contributed by atoms with Crippen LogP contribution in [0.4, 0.5) is 0 Å². The van der Waals surface area contributed by atoms with Gasteiger partial charge in [0.05, 0.1) is 24.0 Å². The fraction of sp³-hybridized carbons (Fsp3) is 0.500. The third-order valence-corrected chi connectivity index (χ3v) is 5.05. The van der Waals surface area contributed by atoms with E-state index in [1.165, 1.54) is 0 Å². The van der Waals surface area contributed by atoms with E-state index in [0.29, 0.717) is 19.6 Å². The first-order chi connectivity index (χ1) is 9.50. The van der Waals surface area contributed by atoms with Gasteiger partial charge < -0.3 is 10.1 Å². The van der Waals surface area contributed by atoms with Crippen molar-refractivity contribution in [2.75, 3.05) is 18.1 Å². The number of sulfone groups is 1. The van der Waals surface area contributed by atoms with E-state index in [2.05, 4.69) is 5.32 Å². The van der Waals surface area contributed by atoms with Gasteiger partial charge in [0.2, 0.25) is 5.91 Å². The molecule has 1 amide bonds. The molecule has 0 bridgehead atoms. The van der Waals surface area contributed by atoms with Crippen LogP contribution < -0.4 is 10.1 Å². The summed E-state index contributed by atoms with van der Waals surface area (Å²) in [4.78, 5) is 11.9. The zero-order valence-corrected chi connectivity index (χ0v) is 12.3. The largest absolute Gasteiger partial charge is 0.494 e. The Kier molecular flexibility index (Phi) is 4.65. The van der Waals surface area contributed by atoms with E-state index >= 15 is 0 Å². The van der Waals surface area contributed by atoms with Gasteiger partial charge in [-0.15, -0.1) is 0 Å². The molecule has 110 valence electrons. The lowest BCUT2D eigenvalue weighted by Gasteiger charge is -2.10. The molecular formula is C14H19NO4S. The average Bonchev–Trinajstić information content (AvgIpc) is 2.77. The molecule has 20 heavy (non-hydrogen) atoms. The van der Waals surface area contributed by atoms with Crippen molar-refractivity contribution in [3.8, 4) is 5.75 Å². The van der Waals surface area contributed by atoms with Crippen LogP contribution >= 0.6 is 0 Å². The van der Waals surface area contributed by atoms with Crippen molar-refractivity contribution in [2.45, 2.75) is 19.9 Å². The minimum Gasteiger partial charge on any atom is -0.494 e. The number of hydrogen-bond acceptors (Lipinski definition) is 4. The Labute approximate surface area is 119 Å². The van der Waals surface area contributed by atoms with Crippen molar-refractivity contribution in [1.82, 2.24) is 5.32 Å². The molecular weight excluding hydrogens is 278 g/mol. The number of carbonyl (C=O) groups excluding carboxylic acids is 1. The molecule has 0 radical (unpaired) electrons. The lowest BCUT2D eigenvalue weighted by molar-refractivity contribution is -0.124. The SMILES string of the molecule is CCOc1cccc(CNC(=O)[C@@H]2CCS(=O)(=O)C2)c1. The third-order valence-electron chi connectivity index (χ3n) is 3.28. The van der Waals surface area contributed by atoms with Crippen molar-refractivity contribution in [2.24, 2.45) is 5.92 Å². The molecule has 5 nitrogen and oxygen atoms in total. The van der Waals surface area contributed by atoms with Crippen LogP contribution in [0.3, 0.4) is 0 Å². The van der Waals surface area contributed by atoms with Gasteiger partial charge in [-0.05, 0) is 31.0 Å². The van der Waals surface area contributed by atoms with Crippen LogP contribution in [-0.2, 0) is 21.2 Å². The van der Waals surface area contributed by atoms with E-state index in [1.807, 2.05) is 31.2 Å². The summed E-state index contributed by atoms with van der Waals surface area (Å²) >= 11 is 0. The molecule has 1 heterocycles. The topological polar surface area (TPSA) is 72.5 Å². The highest BCUT2D eigenvalue weighted by Crippen LogP contribution is 2.19. The Morgan fingerprint density at radius 3 is 2.90 bits per heavy atom. The van der Waals surface area contributed by atoms with E-state index in [-0.39, 0.29) is 17.4 Å². The second-order valence-corrected chi connectivity index (χ2v) is 7.13. The van der Waals surface area contributed by atoms with Crippen LogP contribution in [0.25, 0.3) is 0 Å². The third kappa shape index (κ3) is 3.96. The van der Waals surface area contributed by atoms with Crippen molar-refractivity contribution >= 4 is 15.7 Å². The van der Waals surface area contributed by atoms with E-state index in [4.69, 9.17) is 4.74 Å². The van der Waals surface area contributed by atoms with E-state index in [0.717, 1.165) is 11.3 Å². The second kappa shape index (κ2) is 6.26. The Hall–Kier alpha value is -1.56. The van der Waals surface area contributed by atoms with E-state index in [9.17, 15) is 13.2 Å². The lowest BCUT2D eigenvalue weighted by atomic mass is 10.1. The van der Waals surface area contributed by atoms with E-state index < -0.39 is 15.8 Å². The maximum absolute atomic E-state index is 11.9. The molecule has 1 aliphatic heterocycles. The Balaban J connectivity index is 1.89. The highest BCUT2D eigenvalue weighted by molar-refractivity contribution is 7.91. The monoisotopic (exact) mass is 297 g/mol. The number of nitrogens with one attached hydrogen (secondary N) is 1. The van der Waals surface area contributed by atoms with Gasteiger partial charge in [-0.1, -0.05) is 12.1 Å². The van der Waals surface area contributed by atoms with Gasteiger partial charge in [-0.25, -0.2) is 8.42 Å². The normalized spacial score (nSPS) is 20.6. The highest BCUT2D eigenvalue weighted by Gasteiger charge is 2.32. The molecule has 6 heteroatoms. The first-order valence-corrected chi connectivity index (χ1v) is 8.52. The van der Waals surface area contributed by atoms with Gasteiger partial charge in [0.1, 0.15) is 5.75 Å². The molecule has 1 fully saturated rings. The molecule has 1 atom stereocenters. The minimum absolute atomic E-state index is 0.0299. The molecule has 0 spiro atoms. The summed E-state index contributed by atoms with van der Waals surface area (Å²) < 4.78 is 28.1. The molecule has 1 aromatic carbocycles. The predicted molar refractivity (Wildman–Crippen MR) is 76.2 cm³/mol. The maximum Gasteiger partial charge on any atom is 0.224 e. The molecule has 2 rings (SSSR count). The summed E-state index contributed by atoms with van der Waals surface area (Å²) in [6.45, 7) is 2.89. The van der Waals surface area contributed by atoms with Gasteiger partial charge in [0.15, 0.2) is 9.84 Å². The quantitative estimate of drug-likeness (QED) is 0.884. The number of hydrogen-bond donors (Lipinski definition) is 1. The van der Waals surface area contributed by atoms with Crippen molar-refractivity contribution in [3.05, 3.63) is 29.8 Å². The first-order valence-electron chi connectivity index (χ1n) is 6.70. The average molecular weight is 297 g/mol. The van der Waals surface area contributed by atoms with Gasteiger partial charge >= 0.3 is 0 Å². The molecule has 0 aromatic heterocycles. The number of benzene rings is 1. The summed E-state index contributed by atoms with van der Waals surface area (Å²) in [6, 6.07) is 7.49. The standard InChI is InChI=1S/C14H19NO4S/c1-2-19-13-5-3-4-11(8-13)9-15-14(16)12-6-7-20(17,18)10-12/h3-5,8,12H,2,6-7,9-10H2,1H3,(H,15,16)/t12-/m1/s1. The number of ether oxygens (including phenoxy) is 1. The van der Waals surface area contributed by atoms with Crippen LogP contribution in [-0.4, -0.2) is 32.4 Å². The van der Waals surface area contributed by atoms with Gasteiger partial charge in [0, 0.05) is 6.54 Å². The molecule has 0 saturated carbocycles. The summed E-state index contributed by atoms with van der Waals surface area (Å²) in [5.41, 5.74) is 0.935. The fourth-order valence-corrected chi connectivity index (χ4v) is 3.99. The van der Waals surface area contributed by atoms with Crippen LogP contribution in [0, 0.1) is 5.92 Å². The Bertz CT molecular complexity index is 583. The van der Waals surface area contributed by atoms with Crippen LogP contribution in [0.2, 0.25) is 0 Å². The summed E-state index contributed by atoms with van der Waals surface area (Å²) in [5, 5.41) is 2.79. The van der Waals surface area contributed by atoms with Gasteiger partial charge in [-0.3, -0.25) is 4.79 Å². The minimum atomic E-state index is -3.02. The number of rotatable bonds is 5. The van der Waals surface area contributed by atoms with Gasteiger partial charge in [0.25, 0.3) is 0 Å².